The van der Waals surface area contributed by atoms with Gasteiger partial charge >= 0.3 is 6.18 Å². The van der Waals surface area contributed by atoms with E-state index in [0.717, 1.165) is 12.1 Å². The molecule has 0 saturated heterocycles. The molecule has 22 heavy (non-hydrogen) atoms. The largest absolute Gasteiger partial charge is 0.456 e. The number of hydrogen-bond acceptors (Lipinski definition) is 3. The average Bonchev–Trinajstić information content (AvgIpc) is 2.91. The number of alkyl halides is 3. The van der Waals surface area contributed by atoms with Crippen molar-refractivity contribution in [3.8, 4) is 0 Å². The van der Waals surface area contributed by atoms with Crippen molar-refractivity contribution in [3.63, 3.8) is 0 Å². The lowest BCUT2D eigenvalue weighted by atomic mass is 9.93. The maximum Gasteiger partial charge on any atom is 0.423 e. The smallest absolute Gasteiger partial charge is 0.423 e. The molecule has 0 aliphatic carbocycles. The number of carbonyl (C=O) groups excluding carboxylic acids is 1. The van der Waals surface area contributed by atoms with Crippen LogP contribution in [-0.4, -0.2) is 23.7 Å². The number of amides is 1. The number of nitrogens with one attached hydrogen (secondary N) is 1. The third-order valence-electron chi connectivity index (χ3n) is 3.19. The molecule has 0 spiro atoms. The first-order valence-electron chi connectivity index (χ1n) is 6.43. The van der Waals surface area contributed by atoms with Gasteiger partial charge in [0.2, 0.25) is 5.60 Å². The fourth-order valence-corrected chi connectivity index (χ4v) is 1.93. The van der Waals surface area contributed by atoms with Gasteiger partial charge in [0.15, 0.2) is 5.76 Å². The standard InChI is InChI=1S/C15H14F3NO3/c1-10-7-8-12(22-10)13(20)19-9-14(21,15(16,17)18)11-5-3-2-4-6-11/h2-8,21H,9H2,1H3,(H,19,20)/t14-/m1/s1. The molecule has 0 aliphatic heterocycles. The Balaban J connectivity index is 2.20. The SMILES string of the molecule is Cc1ccc(C(=O)NC[C@@](O)(c2ccccc2)C(F)(F)F)o1. The van der Waals surface area contributed by atoms with Crippen LogP contribution in [0.15, 0.2) is 46.9 Å². The Labute approximate surface area is 124 Å². The lowest BCUT2D eigenvalue weighted by Crippen LogP contribution is -2.51. The molecule has 0 saturated carbocycles. The summed E-state index contributed by atoms with van der Waals surface area (Å²) >= 11 is 0. The fourth-order valence-electron chi connectivity index (χ4n) is 1.93. The third kappa shape index (κ3) is 3.14. The van der Waals surface area contributed by atoms with Gasteiger partial charge in [0.1, 0.15) is 5.76 Å². The van der Waals surface area contributed by atoms with Crippen molar-refractivity contribution in [1.29, 1.82) is 0 Å². The van der Waals surface area contributed by atoms with Crippen LogP contribution in [0.1, 0.15) is 21.9 Å². The molecule has 0 bridgehead atoms. The van der Waals surface area contributed by atoms with Gasteiger partial charge in [0, 0.05) is 0 Å². The summed E-state index contributed by atoms with van der Waals surface area (Å²) in [6.45, 7) is 0.589. The monoisotopic (exact) mass is 313 g/mol. The normalized spacial score (nSPS) is 14.4. The Hall–Kier alpha value is -2.28. The van der Waals surface area contributed by atoms with Gasteiger partial charge in [-0.05, 0) is 24.6 Å². The summed E-state index contributed by atoms with van der Waals surface area (Å²) in [5.41, 5.74) is -3.52. The van der Waals surface area contributed by atoms with Crippen molar-refractivity contribution in [3.05, 3.63) is 59.5 Å². The predicted molar refractivity (Wildman–Crippen MR) is 72.2 cm³/mol. The minimum absolute atomic E-state index is 0.116. The van der Waals surface area contributed by atoms with Gasteiger partial charge in [-0.3, -0.25) is 4.79 Å². The lowest BCUT2D eigenvalue weighted by molar-refractivity contribution is -0.263. The van der Waals surface area contributed by atoms with Crippen LogP contribution in [0.5, 0.6) is 0 Å². The lowest BCUT2D eigenvalue weighted by Gasteiger charge is -2.31. The Morgan fingerprint density at radius 3 is 2.32 bits per heavy atom. The van der Waals surface area contributed by atoms with Gasteiger partial charge in [-0.15, -0.1) is 0 Å². The van der Waals surface area contributed by atoms with Crippen molar-refractivity contribution < 1.29 is 27.5 Å². The molecule has 2 rings (SSSR count). The molecule has 0 radical (unpaired) electrons. The number of rotatable bonds is 4. The molecule has 1 aromatic heterocycles. The summed E-state index contributed by atoms with van der Waals surface area (Å²) in [6, 6.07) is 9.45. The minimum Gasteiger partial charge on any atom is -0.456 e. The summed E-state index contributed by atoms with van der Waals surface area (Å²) in [7, 11) is 0. The van der Waals surface area contributed by atoms with Crippen molar-refractivity contribution in [1.82, 2.24) is 5.32 Å². The number of benzene rings is 1. The second-order valence-electron chi connectivity index (χ2n) is 4.82. The van der Waals surface area contributed by atoms with Crippen molar-refractivity contribution in [2.75, 3.05) is 6.54 Å². The highest BCUT2D eigenvalue weighted by molar-refractivity contribution is 5.91. The number of aryl methyl sites for hydroxylation is 1. The zero-order valence-electron chi connectivity index (χ0n) is 11.6. The maximum absolute atomic E-state index is 13.2. The van der Waals surface area contributed by atoms with Gasteiger partial charge in [-0.25, -0.2) is 0 Å². The first kappa shape index (κ1) is 16.1. The van der Waals surface area contributed by atoms with E-state index in [4.69, 9.17) is 4.42 Å². The van der Waals surface area contributed by atoms with Gasteiger partial charge in [0.25, 0.3) is 5.91 Å². The summed E-state index contributed by atoms with van der Waals surface area (Å²) in [6.07, 6.45) is -4.94. The van der Waals surface area contributed by atoms with Crippen LogP contribution in [-0.2, 0) is 5.60 Å². The molecule has 4 nitrogen and oxygen atoms in total. The van der Waals surface area contributed by atoms with Gasteiger partial charge in [-0.2, -0.15) is 13.2 Å². The van der Waals surface area contributed by atoms with E-state index >= 15 is 0 Å². The number of hydrogen-bond donors (Lipinski definition) is 2. The molecule has 118 valence electrons. The second kappa shape index (κ2) is 5.84. The van der Waals surface area contributed by atoms with Crippen LogP contribution < -0.4 is 5.32 Å². The van der Waals surface area contributed by atoms with E-state index in [1.807, 2.05) is 0 Å². The summed E-state index contributed by atoms with van der Waals surface area (Å²) in [5.74, 6) is -0.485. The number of carbonyl (C=O) groups is 1. The van der Waals surface area contributed by atoms with Gasteiger partial charge in [0.05, 0.1) is 6.54 Å². The molecule has 0 fully saturated rings. The van der Waals surface area contributed by atoms with E-state index in [1.54, 1.807) is 6.92 Å². The van der Waals surface area contributed by atoms with E-state index in [2.05, 4.69) is 5.32 Å². The van der Waals surface area contributed by atoms with Crippen LogP contribution in [0.25, 0.3) is 0 Å². The second-order valence-corrected chi connectivity index (χ2v) is 4.82. The van der Waals surface area contributed by atoms with Crippen LogP contribution >= 0.6 is 0 Å². The Kier molecular flexibility index (Phi) is 4.27. The average molecular weight is 313 g/mol. The van der Waals surface area contributed by atoms with Crippen LogP contribution in [0.2, 0.25) is 0 Å². The molecule has 2 aromatic rings. The third-order valence-corrected chi connectivity index (χ3v) is 3.19. The maximum atomic E-state index is 13.2. The van der Waals surface area contributed by atoms with E-state index in [1.165, 1.54) is 30.3 Å². The van der Waals surface area contributed by atoms with E-state index < -0.39 is 24.2 Å². The molecular formula is C15H14F3NO3. The van der Waals surface area contributed by atoms with Crippen LogP contribution in [0.4, 0.5) is 13.2 Å². The van der Waals surface area contributed by atoms with Crippen molar-refractivity contribution >= 4 is 5.91 Å². The minimum atomic E-state index is -4.94. The van der Waals surface area contributed by atoms with Gasteiger partial charge < -0.3 is 14.8 Å². The van der Waals surface area contributed by atoms with E-state index in [0.29, 0.717) is 5.76 Å². The summed E-state index contributed by atoms with van der Waals surface area (Å²) in [4.78, 5) is 11.8. The molecule has 2 N–H and O–H groups in total. The topological polar surface area (TPSA) is 62.5 Å². The highest BCUT2D eigenvalue weighted by atomic mass is 19.4. The number of aliphatic hydroxyl groups is 1. The van der Waals surface area contributed by atoms with E-state index in [-0.39, 0.29) is 11.3 Å². The van der Waals surface area contributed by atoms with Gasteiger partial charge in [-0.1, -0.05) is 30.3 Å². The van der Waals surface area contributed by atoms with Crippen LogP contribution in [0.3, 0.4) is 0 Å². The molecule has 1 amide bonds. The highest BCUT2D eigenvalue weighted by Crippen LogP contribution is 2.38. The van der Waals surface area contributed by atoms with Crippen molar-refractivity contribution in [2.45, 2.75) is 18.7 Å². The predicted octanol–water partition coefficient (Wildman–Crippen LogP) is 2.77. The number of furan rings is 1. The molecule has 0 aliphatic rings. The molecular weight excluding hydrogens is 299 g/mol. The Bertz CT molecular complexity index is 652. The first-order valence-corrected chi connectivity index (χ1v) is 6.43. The first-order chi connectivity index (χ1) is 10.2. The van der Waals surface area contributed by atoms with Crippen molar-refractivity contribution in [2.24, 2.45) is 0 Å². The molecule has 0 unspecified atom stereocenters. The fraction of sp³-hybridized carbons (Fsp3) is 0.267. The molecule has 1 heterocycles. The highest BCUT2D eigenvalue weighted by Gasteiger charge is 2.55. The number of halogens is 3. The quantitative estimate of drug-likeness (QED) is 0.912. The van der Waals surface area contributed by atoms with E-state index in [9.17, 15) is 23.1 Å². The summed E-state index contributed by atoms with van der Waals surface area (Å²) in [5, 5.41) is 12.1. The zero-order valence-corrected chi connectivity index (χ0v) is 11.6. The summed E-state index contributed by atoms with van der Waals surface area (Å²) < 4.78 is 44.7. The van der Waals surface area contributed by atoms with Crippen LogP contribution in [0, 0.1) is 6.92 Å². The molecule has 1 aromatic carbocycles. The Morgan fingerprint density at radius 2 is 1.82 bits per heavy atom. The molecule has 7 heteroatoms. The zero-order chi connectivity index (χ0) is 16.4. The Morgan fingerprint density at radius 1 is 1.18 bits per heavy atom. The molecule has 1 atom stereocenters.